The van der Waals surface area contributed by atoms with E-state index in [-0.39, 0.29) is 11.8 Å². The number of carbonyl (C=O) groups is 1. The molecule has 0 unspecified atom stereocenters. The largest absolute Gasteiger partial charge is 0.356 e. The van der Waals surface area contributed by atoms with Crippen LogP contribution in [0.3, 0.4) is 0 Å². The first-order valence-corrected chi connectivity index (χ1v) is 12.4. The van der Waals surface area contributed by atoms with Gasteiger partial charge in [-0.2, -0.15) is 0 Å². The summed E-state index contributed by atoms with van der Waals surface area (Å²) in [6, 6.07) is 32.2. The van der Waals surface area contributed by atoms with Gasteiger partial charge >= 0.3 is 0 Å². The Labute approximate surface area is 198 Å². The number of rotatable bonds is 10. The van der Waals surface area contributed by atoms with Gasteiger partial charge in [-0.1, -0.05) is 91.0 Å². The molecule has 1 N–H and O–H groups in total. The molecule has 1 fully saturated rings. The molecule has 1 heterocycles. The second kappa shape index (κ2) is 12.4. The molecule has 3 aromatic rings. The molecule has 0 aromatic heterocycles. The highest BCUT2D eigenvalue weighted by molar-refractivity contribution is 5.78. The lowest BCUT2D eigenvalue weighted by molar-refractivity contribution is -0.126. The Morgan fingerprint density at radius 2 is 1.36 bits per heavy atom. The number of nitrogens with one attached hydrogen (secondary N) is 1. The van der Waals surface area contributed by atoms with Crippen LogP contribution in [0.5, 0.6) is 0 Å². The fraction of sp³-hybridized carbons (Fsp3) is 0.367. The van der Waals surface area contributed by atoms with E-state index in [0.29, 0.717) is 5.92 Å². The van der Waals surface area contributed by atoms with Crippen molar-refractivity contribution in [1.29, 1.82) is 0 Å². The summed E-state index contributed by atoms with van der Waals surface area (Å²) < 4.78 is 0. The molecule has 33 heavy (non-hydrogen) atoms. The summed E-state index contributed by atoms with van der Waals surface area (Å²) in [5.74, 6) is 0.823. The number of aryl methyl sites for hydroxylation is 1. The molecule has 1 amide bonds. The average molecular weight is 441 g/mol. The number of piperidine rings is 1. The molecule has 1 aliphatic heterocycles. The van der Waals surface area contributed by atoms with E-state index in [1.807, 2.05) is 6.07 Å². The number of carbonyl (C=O) groups excluding carboxylic acids is 1. The van der Waals surface area contributed by atoms with Crippen molar-refractivity contribution in [3.05, 3.63) is 108 Å². The van der Waals surface area contributed by atoms with Gasteiger partial charge in [0.1, 0.15) is 0 Å². The zero-order valence-corrected chi connectivity index (χ0v) is 19.5. The third kappa shape index (κ3) is 7.03. The SMILES string of the molecule is O=C(NCCCc1ccccc1)C1CCN(CCC(c2ccccc2)c2ccccc2)CC1. The summed E-state index contributed by atoms with van der Waals surface area (Å²) in [5, 5.41) is 3.17. The summed E-state index contributed by atoms with van der Waals surface area (Å²) >= 11 is 0. The number of hydrogen-bond donors (Lipinski definition) is 1. The van der Waals surface area contributed by atoms with Crippen LogP contribution in [0.2, 0.25) is 0 Å². The number of likely N-dealkylation sites (tertiary alicyclic amines) is 1. The monoisotopic (exact) mass is 440 g/mol. The van der Waals surface area contributed by atoms with E-state index in [2.05, 4.69) is 95.1 Å². The molecular weight excluding hydrogens is 404 g/mol. The van der Waals surface area contributed by atoms with Crippen LogP contribution in [0.25, 0.3) is 0 Å². The summed E-state index contributed by atoms with van der Waals surface area (Å²) in [7, 11) is 0. The summed E-state index contributed by atoms with van der Waals surface area (Å²) in [5.41, 5.74) is 4.10. The predicted molar refractivity (Wildman–Crippen MR) is 136 cm³/mol. The van der Waals surface area contributed by atoms with Gasteiger partial charge in [0.25, 0.3) is 0 Å². The maximum Gasteiger partial charge on any atom is 0.223 e. The first-order chi connectivity index (χ1) is 16.3. The predicted octanol–water partition coefficient (Wildman–Crippen LogP) is 5.67. The molecule has 4 rings (SSSR count). The number of benzene rings is 3. The Kier molecular flexibility index (Phi) is 8.71. The fourth-order valence-electron chi connectivity index (χ4n) is 4.92. The van der Waals surface area contributed by atoms with E-state index in [9.17, 15) is 4.79 Å². The van der Waals surface area contributed by atoms with Gasteiger partial charge in [0, 0.05) is 18.4 Å². The van der Waals surface area contributed by atoms with Crippen molar-refractivity contribution >= 4 is 5.91 Å². The van der Waals surface area contributed by atoms with Gasteiger partial charge in [0.15, 0.2) is 0 Å². The minimum absolute atomic E-state index is 0.164. The van der Waals surface area contributed by atoms with Gasteiger partial charge < -0.3 is 10.2 Å². The van der Waals surface area contributed by atoms with Crippen molar-refractivity contribution < 1.29 is 4.79 Å². The first-order valence-electron chi connectivity index (χ1n) is 12.4. The average Bonchev–Trinajstić information content (AvgIpc) is 2.89. The van der Waals surface area contributed by atoms with E-state index in [1.54, 1.807) is 0 Å². The number of hydrogen-bond acceptors (Lipinski definition) is 2. The van der Waals surface area contributed by atoms with E-state index >= 15 is 0 Å². The Morgan fingerprint density at radius 1 is 0.818 bits per heavy atom. The molecular formula is C30H36N2O. The van der Waals surface area contributed by atoms with Gasteiger partial charge in [0.05, 0.1) is 0 Å². The van der Waals surface area contributed by atoms with Gasteiger partial charge in [0.2, 0.25) is 5.91 Å². The van der Waals surface area contributed by atoms with Crippen molar-refractivity contribution in [1.82, 2.24) is 10.2 Å². The quantitative estimate of drug-likeness (QED) is 0.412. The van der Waals surface area contributed by atoms with Gasteiger partial charge in [-0.25, -0.2) is 0 Å². The van der Waals surface area contributed by atoms with Crippen molar-refractivity contribution in [3.63, 3.8) is 0 Å². The zero-order chi connectivity index (χ0) is 22.7. The molecule has 1 aliphatic rings. The minimum atomic E-state index is 0.164. The number of nitrogens with zero attached hydrogens (tertiary/aromatic N) is 1. The van der Waals surface area contributed by atoms with E-state index < -0.39 is 0 Å². The minimum Gasteiger partial charge on any atom is -0.356 e. The van der Waals surface area contributed by atoms with Crippen molar-refractivity contribution in [2.24, 2.45) is 5.92 Å². The van der Waals surface area contributed by atoms with Crippen LogP contribution in [0.4, 0.5) is 0 Å². The van der Waals surface area contributed by atoms with Crippen LogP contribution in [-0.2, 0) is 11.2 Å². The first kappa shape index (κ1) is 23.3. The summed E-state index contributed by atoms with van der Waals surface area (Å²) in [6.45, 7) is 3.86. The Hall–Kier alpha value is -2.91. The normalized spacial score (nSPS) is 14.9. The highest BCUT2D eigenvalue weighted by Gasteiger charge is 2.25. The maximum absolute atomic E-state index is 12.6. The standard InChI is InChI=1S/C30H36N2O/c33-30(31-21-10-13-25-11-4-1-5-12-25)28-18-22-32(23-19-28)24-20-29(26-14-6-2-7-15-26)27-16-8-3-9-17-27/h1-9,11-12,14-17,28-29H,10,13,18-24H2,(H,31,33). The summed E-state index contributed by atoms with van der Waals surface area (Å²) in [4.78, 5) is 15.2. The van der Waals surface area contributed by atoms with E-state index in [1.165, 1.54) is 16.7 Å². The smallest absolute Gasteiger partial charge is 0.223 e. The molecule has 0 radical (unpaired) electrons. The lowest BCUT2D eigenvalue weighted by Gasteiger charge is -2.32. The Bertz CT molecular complexity index is 911. The lowest BCUT2D eigenvalue weighted by Crippen LogP contribution is -2.41. The maximum atomic E-state index is 12.6. The van der Waals surface area contributed by atoms with E-state index in [4.69, 9.17) is 0 Å². The third-order valence-corrected chi connectivity index (χ3v) is 6.88. The van der Waals surface area contributed by atoms with Crippen LogP contribution in [0, 0.1) is 5.92 Å². The highest BCUT2D eigenvalue weighted by Crippen LogP contribution is 2.29. The molecule has 0 bridgehead atoms. The molecule has 0 spiro atoms. The fourth-order valence-corrected chi connectivity index (χ4v) is 4.92. The van der Waals surface area contributed by atoms with Crippen LogP contribution in [-0.4, -0.2) is 37.0 Å². The molecule has 0 aliphatic carbocycles. The van der Waals surface area contributed by atoms with Gasteiger partial charge in [-0.15, -0.1) is 0 Å². The second-order valence-electron chi connectivity index (χ2n) is 9.16. The topological polar surface area (TPSA) is 32.3 Å². The Morgan fingerprint density at radius 3 is 1.94 bits per heavy atom. The van der Waals surface area contributed by atoms with Crippen molar-refractivity contribution in [2.75, 3.05) is 26.2 Å². The molecule has 0 atom stereocenters. The molecule has 0 saturated carbocycles. The molecule has 172 valence electrons. The third-order valence-electron chi connectivity index (χ3n) is 6.88. The number of amides is 1. The van der Waals surface area contributed by atoms with Crippen LogP contribution < -0.4 is 5.32 Å². The molecule has 3 heteroatoms. The van der Waals surface area contributed by atoms with Gasteiger partial charge in [-0.3, -0.25) is 4.79 Å². The van der Waals surface area contributed by atoms with E-state index in [0.717, 1.165) is 58.3 Å². The molecule has 3 nitrogen and oxygen atoms in total. The molecule has 3 aromatic carbocycles. The zero-order valence-electron chi connectivity index (χ0n) is 19.5. The van der Waals surface area contributed by atoms with Crippen LogP contribution >= 0.6 is 0 Å². The Balaban J connectivity index is 1.20. The van der Waals surface area contributed by atoms with Gasteiger partial charge in [-0.05, 0) is 68.4 Å². The van der Waals surface area contributed by atoms with Crippen molar-refractivity contribution in [3.8, 4) is 0 Å². The van der Waals surface area contributed by atoms with Crippen LogP contribution in [0.15, 0.2) is 91.0 Å². The van der Waals surface area contributed by atoms with Crippen molar-refractivity contribution in [2.45, 2.75) is 38.0 Å². The van der Waals surface area contributed by atoms with Crippen LogP contribution in [0.1, 0.15) is 48.3 Å². The summed E-state index contributed by atoms with van der Waals surface area (Å²) in [6.07, 6.45) is 5.04. The lowest BCUT2D eigenvalue weighted by atomic mass is 9.88. The highest BCUT2D eigenvalue weighted by atomic mass is 16.1. The second-order valence-corrected chi connectivity index (χ2v) is 9.16. The molecule has 1 saturated heterocycles.